The molecule has 18 heavy (non-hydrogen) atoms. The molecule has 2 N–H and O–H groups in total. The van der Waals surface area contributed by atoms with E-state index in [2.05, 4.69) is 9.97 Å². The van der Waals surface area contributed by atoms with Crippen LogP contribution in [0.15, 0.2) is 28.0 Å². The number of nitrogens with zero attached hydrogens (tertiary/aromatic N) is 2. The number of oxazole rings is 1. The van der Waals surface area contributed by atoms with Crippen molar-refractivity contribution >= 4 is 22.4 Å². The minimum absolute atomic E-state index is 0.120. The third-order valence-corrected chi connectivity index (χ3v) is 3.53. The maximum atomic E-state index is 13.0. The molecule has 4 nitrogen and oxygen atoms in total. The smallest absolute Gasteiger partial charge is 0.247 e. The number of rotatable bonds is 2. The average molecular weight is 263 g/mol. The molecule has 1 unspecified atom stereocenters. The highest BCUT2D eigenvalue weighted by molar-refractivity contribution is 7.10. The monoisotopic (exact) mass is 263 g/mol. The van der Waals surface area contributed by atoms with Crippen LogP contribution in [0.2, 0.25) is 0 Å². The predicted molar refractivity (Wildman–Crippen MR) is 67.7 cm³/mol. The molecule has 0 bridgehead atoms. The highest BCUT2D eigenvalue weighted by atomic mass is 32.1. The topological polar surface area (TPSA) is 64.9 Å². The van der Waals surface area contributed by atoms with E-state index in [1.807, 2.05) is 12.3 Å². The van der Waals surface area contributed by atoms with E-state index in [1.165, 1.54) is 23.5 Å². The molecule has 0 fully saturated rings. The van der Waals surface area contributed by atoms with Crippen LogP contribution in [0, 0.1) is 5.82 Å². The summed E-state index contributed by atoms with van der Waals surface area (Å²) in [7, 11) is 0. The maximum absolute atomic E-state index is 13.0. The highest BCUT2D eigenvalue weighted by Gasteiger charge is 2.13. The number of halogens is 1. The van der Waals surface area contributed by atoms with Gasteiger partial charge >= 0.3 is 0 Å². The SMILES string of the molecule is CC(N)c1nc(-c2nc3ccc(F)cc3o2)cs1. The number of benzene rings is 1. The first-order valence-corrected chi connectivity index (χ1v) is 6.29. The summed E-state index contributed by atoms with van der Waals surface area (Å²) in [6.45, 7) is 1.87. The molecule has 0 saturated heterocycles. The fourth-order valence-electron chi connectivity index (χ4n) is 1.60. The lowest BCUT2D eigenvalue weighted by Gasteiger charge is -1.95. The third kappa shape index (κ3) is 1.89. The molecule has 0 radical (unpaired) electrons. The van der Waals surface area contributed by atoms with Gasteiger partial charge in [0.25, 0.3) is 0 Å². The normalized spacial score (nSPS) is 13.1. The fourth-order valence-corrected chi connectivity index (χ4v) is 2.35. The van der Waals surface area contributed by atoms with E-state index >= 15 is 0 Å². The number of fused-ring (bicyclic) bond motifs is 1. The highest BCUT2D eigenvalue weighted by Crippen LogP contribution is 2.27. The van der Waals surface area contributed by atoms with Crippen LogP contribution in [-0.4, -0.2) is 9.97 Å². The van der Waals surface area contributed by atoms with Gasteiger partial charge in [-0.2, -0.15) is 0 Å². The van der Waals surface area contributed by atoms with Crippen molar-refractivity contribution in [2.75, 3.05) is 0 Å². The summed E-state index contributed by atoms with van der Waals surface area (Å²) in [5.74, 6) is 0.0403. The Morgan fingerprint density at radius 2 is 2.22 bits per heavy atom. The summed E-state index contributed by atoms with van der Waals surface area (Å²) in [6, 6.07) is 4.12. The minimum Gasteiger partial charge on any atom is -0.435 e. The summed E-state index contributed by atoms with van der Waals surface area (Å²) in [5, 5.41) is 2.65. The number of hydrogen-bond acceptors (Lipinski definition) is 5. The van der Waals surface area contributed by atoms with Gasteiger partial charge < -0.3 is 10.2 Å². The minimum atomic E-state index is -0.347. The van der Waals surface area contributed by atoms with Crippen LogP contribution >= 0.6 is 11.3 Å². The summed E-state index contributed by atoms with van der Waals surface area (Å²) in [6.07, 6.45) is 0. The molecule has 0 spiro atoms. The Kier molecular flexibility index (Phi) is 2.61. The first kappa shape index (κ1) is 11.3. The van der Waals surface area contributed by atoms with Crippen molar-refractivity contribution < 1.29 is 8.81 Å². The van der Waals surface area contributed by atoms with E-state index in [-0.39, 0.29) is 11.9 Å². The molecule has 0 aliphatic carbocycles. The van der Waals surface area contributed by atoms with Gasteiger partial charge in [-0.25, -0.2) is 14.4 Å². The third-order valence-electron chi connectivity index (χ3n) is 2.48. The molecule has 0 aliphatic heterocycles. The number of hydrogen-bond donors (Lipinski definition) is 1. The lowest BCUT2D eigenvalue weighted by Crippen LogP contribution is -2.03. The molecule has 0 aliphatic rings. The second kappa shape index (κ2) is 4.15. The molecule has 92 valence electrons. The van der Waals surface area contributed by atoms with Crippen LogP contribution < -0.4 is 5.73 Å². The molecule has 1 atom stereocenters. The zero-order chi connectivity index (χ0) is 12.7. The molecule has 1 aromatic carbocycles. The van der Waals surface area contributed by atoms with Gasteiger partial charge in [0.2, 0.25) is 5.89 Å². The van der Waals surface area contributed by atoms with Crippen molar-refractivity contribution in [1.29, 1.82) is 0 Å². The molecule has 0 saturated carbocycles. The van der Waals surface area contributed by atoms with Crippen LogP contribution in [0.4, 0.5) is 4.39 Å². The van der Waals surface area contributed by atoms with Gasteiger partial charge in [-0.05, 0) is 19.1 Å². The van der Waals surface area contributed by atoms with Crippen LogP contribution in [-0.2, 0) is 0 Å². The van der Waals surface area contributed by atoms with Crippen LogP contribution in [0.1, 0.15) is 18.0 Å². The summed E-state index contributed by atoms with van der Waals surface area (Å²) >= 11 is 1.46. The Hall–Kier alpha value is -1.79. The van der Waals surface area contributed by atoms with E-state index in [0.29, 0.717) is 22.7 Å². The van der Waals surface area contributed by atoms with Gasteiger partial charge in [0, 0.05) is 11.4 Å². The van der Waals surface area contributed by atoms with Crippen molar-refractivity contribution in [1.82, 2.24) is 9.97 Å². The lowest BCUT2D eigenvalue weighted by molar-refractivity contribution is 0.600. The Labute approximate surface area is 106 Å². The van der Waals surface area contributed by atoms with Gasteiger partial charge in [-0.1, -0.05) is 0 Å². The first-order valence-electron chi connectivity index (χ1n) is 5.41. The predicted octanol–water partition coefficient (Wildman–Crippen LogP) is 3.11. The number of thiazole rings is 1. The summed E-state index contributed by atoms with van der Waals surface area (Å²) in [5.41, 5.74) is 7.41. The molecule has 3 aromatic rings. The molecule has 3 rings (SSSR count). The Morgan fingerprint density at radius 3 is 2.94 bits per heavy atom. The second-order valence-electron chi connectivity index (χ2n) is 3.99. The van der Waals surface area contributed by atoms with Crippen molar-refractivity contribution in [2.45, 2.75) is 13.0 Å². The average Bonchev–Trinajstić information content (AvgIpc) is 2.93. The Balaban J connectivity index is 2.07. The first-order chi connectivity index (χ1) is 8.63. The summed E-state index contributed by atoms with van der Waals surface area (Å²) in [4.78, 5) is 8.61. The lowest BCUT2D eigenvalue weighted by atomic mass is 10.3. The van der Waals surface area contributed by atoms with E-state index < -0.39 is 0 Å². The molecular weight excluding hydrogens is 253 g/mol. The van der Waals surface area contributed by atoms with Crippen molar-refractivity contribution in [2.24, 2.45) is 5.73 Å². The van der Waals surface area contributed by atoms with Gasteiger partial charge in [0.05, 0.1) is 6.04 Å². The van der Waals surface area contributed by atoms with Crippen molar-refractivity contribution in [3.8, 4) is 11.6 Å². The summed E-state index contributed by atoms with van der Waals surface area (Å²) < 4.78 is 18.5. The van der Waals surface area contributed by atoms with Gasteiger partial charge in [0.1, 0.15) is 22.0 Å². The van der Waals surface area contributed by atoms with Gasteiger partial charge in [-0.15, -0.1) is 11.3 Å². The molecule has 6 heteroatoms. The Bertz CT molecular complexity index is 704. The number of aromatic nitrogens is 2. The van der Waals surface area contributed by atoms with Crippen LogP contribution in [0.3, 0.4) is 0 Å². The molecule has 2 heterocycles. The van der Waals surface area contributed by atoms with E-state index in [9.17, 15) is 4.39 Å². The van der Waals surface area contributed by atoms with E-state index in [1.54, 1.807) is 6.07 Å². The zero-order valence-electron chi connectivity index (χ0n) is 9.55. The number of nitrogens with two attached hydrogens (primary N) is 1. The zero-order valence-corrected chi connectivity index (χ0v) is 10.4. The van der Waals surface area contributed by atoms with E-state index in [0.717, 1.165) is 5.01 Å². The van der Waals surface area contributed by atoms with Gasteiger partial charge in [0.15, 0.2) is 5.58 Å². The standard InChI is InChI=1S/C12H10FN3OS/c1-6(14)12-16-9(5-18-12)11-15-8-3-2-7(13)4-10(8)17-11/h2-6H,14H2,1H3. The fraction of sp³-hybridized carbons (Fsp3) is 0.167. The quantitative estimate of drug-likeness (QED) is 0.771. The molecule has 2 aromatic heterocycles. The molecule has 0 amide bonds. The van der Waals surface area contributed by atoms with Crippen LogP contribution in [0.25, 0.3) is 22.7 Å². The van der Waals surface area contributed by atoms with E-state index in [4.69, 9.17) is 10.2 Å². The largest absolute Gasteiger partial charge is 0.435 e. The maximum Gasteiger partial charge on any atom is 0.247 e. The van der Waals surface area contributed by atoms with Crippen molar-refractivity contribution in [3.05, 3.63) is 34.4 Å². The van der Waals surface area contributed by atoms with Crippen molar-refractivity contribution in [3.63, 3.8) is 0 Å². The molecular formula is C12H10FN3OS. The van der Waals surface area contributed by atoms with Crippen LogP contribution in [0.5, 0.6) is 0 Å². The second-order valence-corrected chi connectivity index (χ2v) is 4.88. The van der Waals surface area contributed by atoms with Gasteiger partial charge in [-0.3, -0.25) is 0 Å². The Morgan fingerprint density at radius 1 is 1.39 bits per heavy atom.